The topological polar surface area (TPSA) is 17.8 Å². The standard InChI is InChI=1S/C15H18N2/c1-11-8-12(2)17-14(10-16-15(17)9-11)13-6-4-3-5-7-13/h3-7,10-12H,8-9H2,1-2H3. The molecule has 1 aliphatic rings. The Kier molecular flexibility index (Phi) is 2.50. The molecule has 2 atom stereocenters. The van der Waals surface area contributed by atoms with E-state index >= 15 is 0 Å². The maximum absolute atomic E-state index is 4.60. The van der Waals surface area contributed by atoms with Crippen LogP contribution in [0.3, 0.4) is 0 Å². The van der Waals surface area contributed by atoms with Crippen LogP contribution in [0.25, 0.3) is 11.3 Å². The SMILES string of the molecule is CC1Cc2ncc(-c3ccccc3)n2C(C)C1. The van der Waals surface area contributed by atoms with Gasteiger partial charge in [0.1, 0.15) is 5.82 Å². The van der Waals surface area contributed by atoms with Crippen molar-refractivity contribution >= 4 is 0 Å². The fraction of sp³-hybridized carbons (Fsp3) is 0.400. The first-order valence-electron chi connectivity index (χ1n) is 6.37. The molecule has 2 aromatic rings. The van der Waals surface area contributed by atoms with Crippen LogP contribution in [0.4, 0.5) is 0 Å². The monoisotopic (exact) mass is 226 g/mol. The molecule has 0 spiro atoms. The molecule has 0 radical (unpaired) electrons. The number of fused-ring (bicyclic) bond motifs is 1. The summed E-state index contributed by atoms with van der Waals surface area (Å²) in [6, 6.07) is 11.1. The molecule has 88 valence electrons. The molecule has 3 rings (SSSR count). The third kappa shape index (κ3) is 1.78. The molecule has 0 N–H and O–H groups in total. The molecule has 1 aromatic carbocycles. The molecule has 0 bridgehead atoms. The minimum Gasteiger partial charge on any atom is -0.325 e. The molecule has 1 aromatic heterocycles. The summed E-state index contributed by atoms with van der Waals surface area (Å²) in [4.78, 5) is 4.60. The van der Waals surface area contributed by atoms with Crippen LogP contribution in [0.5, 0.6) is 0 Å². The van der Waals surface area contributed by atoms with Gasteiger partial charge in [-0.05, 0) is 24.8 Å². The second kappa shape index (κ2) is 4.02. The summed E-state index contributed by atoms with van der Waals surface area (Å²) in [6.07, 6.45) is 4.39. The lowest BCUT2D eigenvalue weighted by Crippen LogP contribution is -2.21. The molecule has 2 unspecified atom stereocenters. The van der Waals surface area contributed by atoms with E-state index in [0.29, 0.717) is 6.04 Å². The number of imidazole rings is 1. The van der Waals surface area contributed by atoms with Gasteiger partial charge >= 0.3 is 0 Å². The van der Waals surface area contributed by atoms with Crippen molar-refractivity contribution < 1.29 is 0 Å². The van der Waals surface area contributed by atoms with E-state index in [1.165, 1.54) is 23.5 Å². The van der Waals surface area contributed by atoms with Crippen molar-refractivity contribution in [2.24, 2.45) is 5.92 Å². The van der Waals surface area contributed by atoms with Gasteiger partial charge in [0.2, 0.25) is 0 Å². The van der Waals surface area contributed by atoms with Gasteiger partial charge in [-0.25, -0.2) is 4.98 Å². The largest absolute Gasteiger partial charge is 0.325 e. The molecule has 1 aliphatic heterocycles. The predicted octanol–water partition coefficient (Wildman–Crippen LogP) is 3.69. The highest BCUT2D eigenvalue weighted by atomic mass is 15.1. The molecular formula is C15H18N2. The lowest BCUT2D eigenvalue weighted by molar-refractivity contribution is 0.345. The van der Waals surface area contributed by atoms with E-state index in [2.05, 4.69) is 53.7 Å². The fourth-order valence-electron chi connectivity index (χ4n) is 2.95. The van der Waals surface area contributed by atoms with Gasteiger partial charge in [-0.3, -0.25) is 0 Å². The zero-order valence-electron chi connectivity index (χ0n) is 10.4. The average Bonchev–Trinajstić information content (AvgIpc) is 2.74. The quantitative estimate of drug-likeness (QED) is 0.725. The maximum atomic E-state index is 4.60. The molecule has 17 heavy (non-hydrogen) atoms. The molecule has 0 aliphatic carbocycles. The number of nitrogens with zero attached hydrogens (tertiary/aromatic N) is 2. The zero-order chi connectivity index (χ0) is 11.8. The molecule has 0 saturated heterocycles. The third-order valence-electron chi connectivity index (χ3n) is 3.66. The number of benzene rings is 1. The molecule has 0 amide bonds. The molecule has 0 fully saturated rings. The van der Waals surface area contributed by atoms with E-state index in [1.807, 2.05) is 6.20 Å². The lowest BCUT2D eigenvalue weighted by atomic mass is 9.94. The summed E-state index contributed by atoms with van der Waals surface area (Å²) in [7, 11) is 0. The van der Waals surface area contributed by atoms with E-state index in [9.17, 15) is 0 Å². The van der Waals surface area contributed by atoms with Crippen molar-refractivity contribution in [3.8, 4) is 11.3 Å². The van der Waals surface area contributed by atoms with Gasteiger partial charge in [0, 0.05) is 12.5 Å². The average molecular weight is 226 g/mol. The Labute approximate surface area is 102 Å². The first kappa shape index (κ1) is 10.6. The smallest absolute Gasteiger partial charge is 0.109 e. The van der Waals surface area contributed by atoms with Crippen LogP contribution in [0, 0.1) is 5.92 Å². The van der Waals surface area contributed by atoms with Crippen LogP contribution in [0.1, 0.15) is 32.1 Å². The van der Waals surface area contributed by atoms with Gasteiger partial charge < -0.3 is 4.57 Å². The Morgan fingerprint density at radius 3 is 2.71 bits per heavy atom. The van der Waals surface area contributed by atoms with Crippen LogP contribution in [-0.4, -0.2) is 9.55 Å². The Hall–Kier alpha value is -1.57. The normalized spacial score (nSPS) is 23.4. The fourth-order valence-corrected chi connectivity index (χ4v) is 2.95. The highest BCUT2D eigenvalue weighted by Gasteiger charge is 2.24. The molecule has 0 saturated carbocycles. The highest BCUT2D eigenvalue weighted by Crippen LogP contribution is 2.33. The van der Waals surface area contributed by atoms with E-state index in [4.69, 9.17) is 0 Å². The number of rotatable bonds is 1. The second-order valence-electron chi connectivity index (χ2n) is 5.19. The summed E-state index contributed by atoms with van der Waals surface area (Å²) in [5, 5.41) is 0. The summed E-state index contributed by atoms with van der Waals surface area (Å²) in [5.74, 6) is 2.00. The lowest BCUT2D eigenvalue weighted by Gasteiger charge is -2.28. The van der Waals surface area contributed by atoms with E-state index in [0.717, 1.165) is 12.3 Å². The Morgan fingerprint density at radius 2 is 1.94 bits per heavy atom. The van der Waals surface area contributed by atoms with E-state index in [-0.39, 0.29) is 0 Å². The van der Waals surface area contributed by atoms with Crippen LogP contribution < -0.4 is 0 Å². The van der Waals surface area contributed by atoms with Crippen molar-refractivity contribution in [2.75, 3.05) is 0 Å². The van der Waals surface area contributed by atoms with Crippen molar-refractivity contribution in [3.63, 3.8) is 0 Å². The maximum Gasteiger partial charge on any atom is 0.109 e. The van der Waals surface area contributed by atoms with Gasteiger partial charge in [0.15, 0.2) is 0 Å². The van der Waals surface area contributed by atoms with Crippen molar-refractivity contribution in [1.29, 1.82) is 0 Å². The van der Waals surface area contributed by atoms with Crippen molar-refractivity contribution in [2.45, 2.75) is 32.7 Å². The van der Waals surface area contributed by atoms with Crippen molar-refractivity contribution in [1.82, 2.24) is 9.55 Å². The Bertz CT molecular complexity index is 513. The molecule has 2 heterocycles. The van der Waals surface area contributed by atoms with E-state index < -0.39 is 0 Å². The molecule has 2 nitrogen and oxygen atoms in total. The van der Waals surface area contributed by atoms with Crippen LogP contribution in [-0.2, 0) is 6.42 Å². The van der Waals surface area contributed by atoms with Crippen LogP contribution in [0.15, 0.2) is 36.5 Å². The van der Waals surface area contributed by atoms with Crippen molar-refractivity contribution in [3.05, 3.63) is 42.4 Å². The van der Waals surface area contributed by atoms with Gasteiger partial charge in [0.25, 0.3) is 0 Å². The summed E-state index contributed by atoms with van der Waals surface area (Å²) in [5.41, 5.74) is 2.53. The summed E-state index contributed by atoms with van der Waals surface area (Å²) < 4.78 is 2.41. The first-order valence-corrected chi connectivity index (χ1v) is 6.37. The van der Waals surface area contributed by atoms with Gasteiger partial charge in [0.05, 0.1) is 11.9 Å². The first-order chi connectivity index (χ1) is 8.25. The van der Waals surface area contributed by atoms with E-state index in [1.54, 1.807) is 0 Å². The van der Waals surface area contributed by atoms with Crippen LogP contribution >= 0.6 is 0 Å². The predicted molar refractivity (Wildman–Crippen MR) is 69.9 cm³/mol. The zero-order valence-corrected chi connectivity index (χ0v) is 10.4. The van der Waals surface area contributed by atoms with Gasteiger partial charge in [-0.2, -0.15) is 0 Å². The van der Waals surface area contributed by atoms with Gasteiger partial charge in [-0.1, -0.05) is 37.3 Å². The Balaban J connectivity index is 2.09. The Morgan fingerprint density at radius 1 is 1.18 bits per heavy atom. The highest BCUT2D eigenvalue weighted by molar-refractivity contribution is 5.59. The second-order valence-corrected chi connectivity index (χ2v) is 5.19. The number of aromatic nitrogens is 2. The van der Waals surface area contributed by atoms with Crippen LogP contribution in [0.2, 0.25) is 0 Å². The molecular weight excluding hydrogens is 208 g/mol. The van der Waals surface area contributed by atoms with Gasteiger partial charge in [-0.15, -0.1) is 0 Å². The summed E-state index contributed by atoms with van der Waals surface area (Å²) >= 11 is 0. The minimum absolute atomic E-state index is 0.562. The summed E-state index contributed by atoms with van der Waals surface area (Å²) in [6.45, 7) is 4.62. The number of hydrogen-bond acceptors (Lipinski definition) is 1. The minimum atomic E-state index is 0.562. The third-order valence-corrected chi connectivity index (χ3v) is 3.66. The number of hydrogen-bond donors (Lipinski definition) is 0. The molecule has 2 heteroatoms.